The van der Waals surface area contributed by atoms with Gasteiger partial charge < -0.3 is 20.2 Å². The number of nitrogens with one attached hydrogen (secondary N) is 1. The first-order chi connectivity index (χ1) is 16.3. The zero-order chi connectivity index (χ0) is 24.7. The molecule has 34 heavy (non-hydrogen) atoms. The molecule has 3 amide bonds. The van der Waals surface area contributed by atoms with E-state index in [9.17, 15) is 34.4 Å². The molecule has 1 aliphatic rings. The zero-order valence-corrected chi connectivity index (χ0v) is 18.3. The molecule has 0 spiro atoms. The lowest BCUT2D eigenvalue weighted by atomic mass is 10.1. The number of nitro groups is 1. The number of hydrogen-bond acceptors (Lipinski definition) is 6. The molecule has 0 unspecified atom stereocenters. The van der Waals surface area contributed by atoms with Crippen LogP contribution in [0.5, 0.6) is 0 Å². The fourth-order valence-corrected chi connectivity index (χ4v) is 3.58. The Morgan fingerprint density at radius 1 is 0.912 bits per heavy atom. The van der Waals surface area contributed by atoms with Crippen LogP contribution < -0.4 is 5.32 Å². The zero-order valence-electron chi connectivity index (χ0n) is 18.3. The molecule has 0 aromatic heterocycles. The van der Waals surface area contributed by atoms with E-state index < -0.39 is 22.8 Å². The lowest BCUT2D eigenvalue weighted by Gasteiger charge is -2.35. The molecule has 0 saturated carbocycles. The minimum Gasteiger partial charge on any atom is -0.480 e. The Bertz CT molecular complexity index is 1060. The second kappa shape index (κ2) is 11.0. The molecule has 0 aliphatic carbocycles. The number of aliphatic carboxylic acids is 1. The van der Waals surface area contributed by atoms with Gasteiger partial charge in [-0.2, -0.15) is 0 Å². The number of carboxylic acid groups (broad SMARTS) is 1. The van der Waals surface area contributed by atoms with Gasteiger partial charge in [-0.1, -0.05) is 18.2 Å². The molecule has 0 bridgehead atoms. The Hall–Kier alpha value is -4.28. The topological polar surface area (TPSA) is 150 Å². The van der Waals surface area contributed by atoms with Crippen molar-refractivity contribution < 1.29 is 29.2 Å². The second-order valence-corrected chi connectivity index (χ2v) is 7.75. The summed E-state index contributed by atoms with van der Waals surface area (Å²) in [5, 5.41) is 22.6. The van der Waals surface area contributed by atoms with E-state index in [4.69, 9.17) is 0 Å². The molecule has 2 aromatic rings. The van der Waals surface area contributed by atoms with Crippen LogP contribution in [0.1, 0.15) is 33.6 Å². The number of amides is 3. The van der Waals surface area contributed by atoms with Gasteiger partial charge in [0, 0.05) is 55.9 Å². The highest BCUT2D eigenvalue weighted by molar-refractivity contribution is 5.96. The summed E-state index contributed by atoms with van der Waals surface area (Å²) in [7, 11) is 0. The van der Waals surface area contributed by atoms with Crippen molar-refractivity contribution in [2.24, 2.45) is 0 Å². The Balaban J connectivity index is 1.48. The van der Waals surface area contributed by atoms with Crippen molar-refractivity contribution in [3.63, 3.8) is 0 Å². The fourth-order valence-electron chi connectivity index (χ4n) is 3.58. The van der Waals surface area contributed by atoms with Crippen LogP contribution in [-0.4, -0.2) is 75.7 Å². The second-order valence-electron chi connectivity index (χ2n) is 7.75. The van der Waals surface area contributed by atoms with Gasteiger partial charge in [-0.3, -0.25) is 24.5 Å². The smallest absolute Gasteiger partial charge is 0.326 e. The molecular formula is C23H24N4O7. The molecule has 11 nitrogen and oxygen atoms in total. The summed E-state index contributed by atoms with van der Waals surface area (Å²) in [6.45, 7) is 1.14. The van der Waals surface area contributed by atoms with E-state index >= 15 is 0 Å². The number of carbonyl (C=O) groups is 4. The third kappa shape index (κ3) is 6.15. The first-order valence-electron chi connectivity index (χ1n) is 10.7. The molecule has 0 radical (unpaired) electrons. The third-order valence-electron chi connectivity index (χ3n) is 5.53. The van der Waals surface area contributed by atoms with Gasteiger partial charge in [-0.05, 0) is 30.7 Å². The van der Waals surface area contributed by atoms with Gasteiger partial charge in [-0.25, -0.2) is 4.79 Å². The number of benzene rings is 2. The van der Waals surface area contributed by atoms with E-state index in [1.807, 2.05) is 0 Å². The number of hydrogen-bond donors (Lipinski definition) is 2. The van der Waals surface area contributed by atoms with Crippen LogP contribution in [0.25, 0.3) is 0 Å². The van der Waals surface area contributed by atoms with Crippen molar-refractivity contribution in [2.45, 2.75) is 18.9 Å². The highest BCUT2D eigenvalue weighted by Gasteiger charge is 2.27. The molecule has 1 heterocycles. The van der Waals surface area contributed by atoms with Crippen LogP contribution in [0.4, 0.5) is 5.69 Å². The van der Waals surface area contributed by atoms with Crippen LogP contribution in [0.3, 0.4) is 0 Å². The van der Waals surface area contributed by atoms with Gasteiger partial charge in [-0.15, -0.1) is 0 Å². The maximum atomic E-state index is 12.6. The maximum Gasteiger partial charge on any atom is 0.326 e. The Morgan fingerprint density at radius 2 is 1.50 bits per heavy atom. The minimum atomic E-state index is -1.23. The molecular weight excluding hydrogens is 444 g/mol. The molecule has 1 atom stereocenters. The van der Waals surface area contributed by atoms with E-state index in [1.54, 1.807) is 40.1 Å². The van der Waals surface area contributed by atoms with Crippen molar-refractivity contribution in [3.8, 4) is 0 Å². The summed E-state index contributed by atoms with van der Waals surface area (Å²) in [5.41, 5.74) is 0.546. The van der Waals surface area contributed by atoms with Crippen molar-refractivity contribution in [3.05, 3.63) is 75.8 Å². The summed E-state index contributed by atoms with van der Waals surface area (Å²) < 4.78 is 0. The summed E-state index contributed by atoms with van der Waals surface area (Å²) in [6.07, 6.45) is -0.128. The van der Waals surface area contributed by atoms with Gasteiger partial charge in [0.2, 0.25) is 5.91 Å². The van der Waals surface area contributed by atoms with Gasteiger partial charge in [0.1, 0.15) is 6.04 Å². The van der Waals surface area contributed by atoms with Gasteiger partial charge >= 0.3 is 5.97 Å². The van der Waals surface area contributed by atoms with Crippen molar-refractivity contribution >= 4 is 29.4 Å². The molecule has 1 fully saturated rings. The lowest BCUT2D eigenvalue weighted by molar-refractivity contribution is -0.384. The van der Waals surface area contributed by atoms with Gasteiger partial charge in [0.25, 0.3) is 17.5 Å². The quantitative estimate of drug-likeness (QED) is 0.441. The molecule has 2 aromatic carbocycles. The number of non-ortho nitro benzene ring substituents is 1. The number of carbonyl (C=O) groups excluding carboxylic acids is 3. The van der Waals surface area contributed by atoms with E-state index in [0.717, 1.165) is 0 Å². The van der Waals surface area contributed by atoms with Crippen molar-refractivity contribution in [1.29, 1.82) is 0 Å². The van der Waals surface area contributed by atoms with Gasteiger partial charge in [0.05, 0.1) is 4.92 Å². The largest absolute Gasteiger partial charge is 0.480 e. The highest BCUT2D eigenvalue weighted by Crippen LogP contribution is 2.15. The number of nitrogens with zero attached hydrogens (tertiary/aromatic N) is 3. The van der Waals surface area contributed by atoms with Crippen LogP contribution in [0.15, 0.2) is 54.6 Å². The third-order valence-corrected chi connectivity index (χ3v) is 5.53. The van der Waals surface area contributed by atoms with Crippen LogP contribution >= 0.6 is 0 Å². The molecule has 11 heteroatoms. The van der Waals surface area contributed by atoms with Crippen LogP contribution in [0, 0.1) is 10.1 Å². The molecule has 1 aliphatic heterocycles. The summed E-state index contributed by atoms with van der Waals surface area (Å²) in [5.74, 6) is -2.30. The summed E-state index contributed by atoms with van der Waals surface area (Å²) >= 11 is 0. The van der Waals surface area contributed by atoms with Crippen molar-refractivity contribution in [2.75, 3.05) is 26.2 Å². The summed E-state index contributed by atoms with van der Waals surface area (Å²) in [6, 6.07) is 12.3. The van der Waals surface area contributed by atoms with E-state index in [-0.39, 0.29) is 56.5 Å². The SMILES string of the molecule is O=C(N[C@@H](CCC(=O)N1CCN(C(=O)c2ccc([N+](=O)[O-])cc2)CC1)C(=O)O)c1ccccc1. The van der Waals surface area contributed by atoms with E-state index in [1.165, 1.54) is 24.3 Å². The fraction of sp³-hybridized carbons (Fsp3) is 0.304. The van der Waals surface area contributed by atoms with E-state index in [2.05, 4.69) is 5.32 Å². The lowest BCUT2D eigenvalue weighted by Crippen LogP contribution is -2.51. The number of rotatable bonds is 8. The number of piperazine rings is 1. The Kier molecular flexibility index (Phi) is 7.91. The normalized spacial score (nSPS) is 14.2. The average Bonchev–Trinajstić information content (AvgIpc) is 2.86. The van der Waals surface area contributed by atoms with Gasteiger partial charge in [0.15, 0.2) is 0 Å². The standard InChI is InChI=1S/C23H24N4O7/c28-20(11-10-19(23(31)32)24-21(29)16-4-2-1-3-5-16)25-12-14-26(15-13-25)22(30)17-6-8-18(9-7-17)27(33)34/h1-9,19H,10-15H2,(H,24,29)(H,31,32)/t19-/m0/s1. The monoisotopic (exact) mass is 468 g/mol. The molecule has 3 rings (SSSR count). The highest BCUT2D eigenvalue weighted by atomic mass is 16.6. The van der Waals surface area contributed by atoms with Crippen LogP contribution in [-0.2, 0) is 9.59 Å². The molecule has 1 saturated heterocycles. The summed E-state index contributed by atoms with van der Waals surface area (Å²) in [4.78, 5) is 62.3. The molecule has 178 valence electrons. The first kappa shape index (κ1) is 24.4. The number of carboxylic acids is 1. The van der Waals surface area contributed by atoms with Crippen LogP contribution in [0.2, 0.25) is 0 Å². The van der Waals surface area contributed by atoms with E-state index in [0.29, 0.717) is 11.1 Å². The predicted octanol–water partition coefficient (Wildman–Crippen LogP) is 1.54. The predicted molar refractivity (Wildman–Crippen MR) is 120 cm³/mol. The minimum absolute atomic E-state index is 0.0608. The molecule has 2 N–H and O–H groups in total. The first-order valence-corrected chi connectivity index (χ1v) is 10.7. The Morgan fingerprint density at radius 3 is 2.06 bits per heavy atom. The van der Waals surface area contributed by atoms with Crippen molar-refractivity contribution in [1.82, 2.24) is 15.1 Å². The Labute approximate surface area is 195 Å². The average molecular weight is 468 g/mol. The maximum absolute atomic E-state index is 12.6. The number of nitro benzene ring substituents is 1.